The third-order valence-electron chi connectivity index (χ3n) is 2.72. The highest BCUT2D eigenvalue weighted by Gasteiger charge is 2.02. The van der Waals surface area contributed by atoms with Gasteiger partial charge in [-0.1, -0.05) is 37.3 Å². The fourth-order valence-electron chi connectivity index (χ4n) is 1.83. The van der Waals surface area contributed by atoms with Gasteiger partial charge in [0.05, 0.1) is 0 Å². The lowest BCUT2D eigenvalue weighted by atomic mass is 10.1. The Morgan fingerprint density at radius 1 is 1.33 bits per heavy atom. The average Bonchev–Trinajstić information content (AvgIpc) is 2.38. The van der Waals surface area contributed by atoms with E-state index in [9.17, 15) is 0 Å². The Bertz CT molecular complexity index is 592. The zero-order chi connectivity index (χ0) is 13.0. The van der Waals surface area contributed by atoms with Crippen molar-refractivity contribution >= 4 is 12.2 Å². The summed E-state index contributed by atoms with van der Waals surface area (Å²) in [5.41, 5.74) is 3.41. The van der Waals surface area contributed by atoms with Gasteiger partial charge in [0, 0.05) is 12.8 Å². The Morgan fingerprint density at radius 2 is 2.17 bits per heavy atom. The van der Waals surface area contributed by atoms with Crippen molar-refractivity contribution in [3.05, 3.63) is 46.4 Å². The number of rotatable bonds is 4. The van der Waals surface area contributed by atoms with E-state index >= 15 is 0 Å². The summed E-state index contributed by atoms with van der Waals surface area (Å²) in [5, 5.41) is 0. The predicted octanol–water partition coefficient (Wildman–Crippen LogP) is 3.51. The van der Waals surface area contributed by atoms with Gasteiger partial charge in [-0.25, -0.2) is 4.98 Å². The minimum atomic E-state index is 0.435. The second kappa shape index (κ2) is 5.89. The molecule has 0 aliphatic rings. The molecule has 1 aromatic carbocycles. The molecule has 0 saturated carbocycles. The van der Waals surface area contributed by atoms with Crippen molar-refractivity contribution in [2.75, 3.05) is 7.11 Å². The van der Waals surface area contributed by atoms with Crippen molar-refractivity contribution in [1.29, 1.82) is 0 Å². The summed E-state index contributed by atoms with van der Waals surface area (Å²) >= 11 is 5.18. The monoisotopic (exact) mass is 260 g/mol. The predicted molar refractivity (Wildman–Crippen MR) is 74.9 cm³/mol. The standard InChI is InChI=1S/C14H16N2OS/c1-3-10-5-4-6-11(7-10)12-8-14(18)16-13(15-12)9-17-2/h4-8H,3,9H2,1-2H3,(H,15,16,18). The highest BCUT2D eigenvalue weighted by Crippen LogP contribution is 2.19. The van der Waals surface area contributed by atoms with E-state index in [1.807, 2.05) is 6.07 Å². The normalized spacial score (nSPS) is 10.6. The molecule has 1 heterocycles. The number of aromatic nitrogens is 2. The number of ether oxygens (including phenoxy) is 1. The molecule has 3 nitrogen and oxygen atoms in total. The Kier molecular flexibility index (Phi) is 4.23. The summed E-state index contributed by atoms with van der Waals surface area (Å²) in [5.74, 6) is 0.752. The van der Waals surface area contributed by atoms with Gasteiger partial charge in [-0.2, -0.15) is 0 Å². The van der Waals surface area contributed by atoms with Crippen LogP contribution in [0.2, 0.25) is 0 Å². The lowest BCUT2D eigenvalue weighted by Gasteiger charge is -2.07. The van der Waals surface area contributed by atoms with Crippen molar-refractivity contribution in [1.82, 2.24) is 9.97 Å². The summed E-state index contributed by atoms with van der Waals surface area (Å²) in [4.78, 5) is 7.48. The van der Waals surface area contributed by atoms with Gasteiger partial charge < -0.3 is 9.72 Å². The summed E-state index contributed by atoms with van der Waals surface area (Å²) in [6.45, 7) is 2.58. The molecular formula is C14H16N2OS. The molecule has 0 saturated heterocycles. The minimum absolute atomic E-state index is 0.435. The van der Waals surface area contributed by atoms with E-state index < -0.39 is 0 Å². The summed E-state index contributed by atoms with van der Waals surface area (Å²) < 4.78 is 5.66. The minimum Gasteiger partial charge on any atom is -0.377 e. The molecule has 2 aromatic rings. The van der Waals surface area contributed by atoms with Crippen molar-refractivity contribution in [2.24, 2.45) is 0 Å². The Hall–Kier alpha value is -1.52. The molecule has 94 valence electrons. The fraction of sp³-hybridized carbons (Fsp3) is 0.286. The SMILES string of the molecule is CCc1cccc(-c2cc(=S)nc(COC)[nH]2)c1. The lowest BCUT2D eigenvalue weighted by molar-refractivity contribution is 0.177. The van der Waals surface area contributed by atoms with Crippen LogP contribution < -0.4 is 0 Å². The molecule has 0 bridgehead atoms. The summed E-state index contributed by atoms with van der Waals surface area (Å²) in [6.07, 6.45) is 1.02. The average molecular weight is 260 g/mol. The number of H-pyrrole nitrogens is 1. The first kappa shape index (κ1) is 12.9. The van der Waals surface area contributed by atoms with Gasteiger partial charge in [0.15, 0.2) is 0 Å². The number of nitrogens with zero attached hydrogens (tertiary/aromatic N) is 1. The van der Waals surface area contributed by atoms with Crippen LogP contribution in [0, 0.1) is 4.64 Å². The topological polar surface area (TPSA) is 37.9 Å². The van der Waals surface area contributed by atoms with Gasteiger partial charge in [0.2, 0.25) is 0 Å². The summed E-state index contributed by atoms with van der Waals surface area (Å²) in [7, 11) is 1.64. The molecule has 0 aliphatic heterocycles. The maximum absolute atomic E-state index is 5.18. The van der Waals surface area contributed by atoms with E-state index in [1.165, 1.54) is 5.56 Å². The van der Waals surface area contributed by atoms with Crippen molar-refractivity contribution < 1.29 is 4.74 Å². The Morgan fingerprint density at radius 3 is 2.89 bits per heavy atom. The smallest absolute Gasteiger partial charge is 0.134 e. The molecule has 0 amide bonds. The first-order valence-corrected chi connectivity index (χ1v) is 6.32. The second-order valence-electron chi connectivity index (χ2n) is 4.07. The van der Waals surface area contributed by atoms with E-state index in [-0.39, 0.29) is 0 Å². The molecule has 0 aliphatic carbocycles. The van der Waals surface area contributed by atoms with Crippen LogP contribution in [0.5, 0.6) is 0 Å². The maximum atomic E-state index is 5.18. The van der Waals surface area contributed by atoms with Crippen molar-refractivity contribution in [3.8, 4) is 11.3 Å². The Labute approximate surface area is 112 Å². The molecule has 1 N–H and O–H groups in total. The van der Waals surface area contributed by atoms with E-state index in [1.54, 1.807) is 7.11 Å². The van der Waals surface area contributed by atoms with Crippen LogP contribution in [-0.4, -0.2) is 17.1 Å². The maximum Gasteiger partial charge on any atom is 0.134 e. The highest BCUT2D eigenvalue weighted by molar-refractivity contribution is 7.71. The molecule has 0 radical (unpaired) electrons. The third kappa shape index (κ3) is 3.03. The quantitative estimate of drug-likeness (QED) is 0.855. The third-order valence-corrected chi connectivity index (χ3v) is 2.93. The molecule has 0 unspecified atom stereocenters. The largest absolute Gasteiger partial charge is 0.377 e. The van der Waals surface area contributed by atoms with Gasteiger partial charge in [-0.15, -0.1) is 0 Å². The second-order valence-corrected chi connectivity index (χ2v) is 4.48. The molecule has 0 spiro atoms. The molecule has 1 aromatic heterocycles. The molecule has 0 fully saturated rings. The van der Waals surface area contributed by atoms with Crippen LogP contribution in [0.1, 0.15) is 18.3 Å². The zero-order valence-corrected chi connectivity index (χ0v) is 11.4. The van der Waals surface area contributed by atoms with Gasteiger partial charge >= 0.3 is 0 Å². The van der Waals surface area contributed by atoms with Gasteiger partial charge in [0.1, 0.15) is 17.1 Å². The summed E-state index contributed by atoms with van der Waals surface area (Å²) in [6, 6.07) is 10.3. The fourth-order valence-corrected chi connectivity index (χ4v) is 2.06. The number of aryl methyl sites for hydroxylation is 1. The number of benzene rings is 1. The van der Waals surface area contributed by atoms with E-state index in [4.69, 9.17) is 17.0 Å². The highest BCUT2D eigenvalue weighted by atomic mass is 32.1. The lowest BCUT2D eigenvalue weighted by Crippen LogP contribution is -1.99. The number of hydrogen-bond acceptors (Lipinski definition) is 3. The van der Waals surface area contributed by atoms with Crippen LogP contribution in [0.15, 0.2) is 30.3 Å². The number of aromatic amines is 1. The van der Waals surface area contributed by atoms with Crippen LogP contribution >= 0.6 is 12.2 Å². The van der Waals surface area contributed by atoms with Crippen molar-refractivity contribution in [3.63, 3.8) is 0 Å². The first-order chi connectivity index (χ1) is 8.72. The molecule has 2 rings (SSSR count). The van der Waals surface area contributed by atoms with Crippen LogP contribution in [0.25, 0.3) is 11.3 Å². The van der Waals surface area contributed by atoms with E-state index in [0.29, 0.717) is 11.2 Å². The van der Waals surface area contributed by atoms with Crippen LogP contribution in [0.3, 0.4) is 0 Å². The van der Waals surface area contributed by atoms with Crippen LogP contribution in [-0.2, 0) is 17.8 Å². The van der Waals surface area contributed by atoms with E-state index in [2.05, 4.69) is 41.2 Å². The van der Waals surface area contributed by atoms with Crippen molar-refractivity contribution in [2.45, 2.75) is 20.0 Å². The number of nitrogens with one attached hydrogen (secondary N) is 1. The number of hydrogen-bond donors (Lipinski definition) is 1. The molecule has 4 heteroatoms. The van der Waals surface area contributed by atoms with E-state index in [0.717, 1.165) is 23.5 Å². The van der Waals surface area contributed by atoms with Crippen LogP contribution in [0.4, 0.5) is 0 Å². The Balaban J connectivity index is 2.45. The molecule has 18 heavy (non-hydrogen) atoms. The van der Waals surface area contributed by atoms with Gasteiger partial charge in [-0.3, -0.25) is 0 Å². The number of methoxy groups -OCH3 is 1. The molecule has 0 atom stereocenters. The zero-order valence-electron chi connectivity index (χ0n) is 10.6. The van der Waals surface area contributed by atoms with Gasteiger partial charge in [-0.05, 0) is 29.7 Å². The molecular weight excluding hydrogens is 244 g/mol. The van der Waals surface area contributed by atoms with Gasteiger partial charge in [0.25, 0.3) is 0 Å². The first-order valence-electron chi connectivity index (χ1n) is 5.91.